The predicted octanol–water partition coefficient (Wildman–Crippen LogP) is 3.02. The first kappa shape index (κ1) is 10.1. The molecule has 0 saturated heterocycles. The number of allylic oxidation sites excluding steroid dienone is 1. The molecule has 3 heteroatoms. The van der Waals surface area contributed by atoms with E-state index in [4.69, 9.17) is 0 Å². The summed E-state index contributed by atoms with van der Waals surface area (Å²) in [7, 11) is 0. The van der Waals surface area contributed by atoms with E-state index in [1.54, 1.807) is 0 Å². The highest BCUT2D eigenvalue weighted by Gasteiger charge is 2.24. The summed E-state index contributed by atoms with van der Waals surface area (Å²) in [6.45, 7) is 0. The van der Waals surface area contributed by atoms with Crippen LogP contribution >= 0.6 is 15.9 Å². The molecule has 1 amide bonds. The van der Waals surface area contributed by atoms with Crippen molar-refractivity contribution in [3.05, 3.63) is 39.4 Å². The smallest absolute Gasteiger partial charge is 0.224 e. The number of benzene rings is 1. The summed E-state index contributed by atoms with van der Waals surface area (Å²) < 4.78 is 1.07. The molecule has 0 fully saturated rings. The number of halogens is 1. The van der Waals surface area contributed by atoms with Gasteiger partial charge in [0, 0.05) is 22.2 Å². The second-order valence-corrected chi connectivity index (χ2v) is 5.24. The minimum Gasteiger partial charge on any atom is -0.326 e. The maximum Gasteiger partial charge on any atom is 0.224 e. The zero-order chi connectivity index (χ0) is 11.1. The molecule has 16 heavy (non-hydrogen) atoms. The van der Waals surface area contributed by atoms with Crippen LogP contribution < -0.4 is 5.32 Å². The van der Waals surface area contributed by atoms with Gasteiger partial charge in [0.2, 0.25) is 5.91 Å². The van der Waals surface area contributed by atoms with Gasteiger partial charge in [0.1, 0.15) is 0 Å². The third-order valence-electron chi connectivity index (χ3n) is 3.31. The Morgan fingerprint density at radius 1 is 1.12 bits per heavy atom. The van der Waals surface area contributed by atoms with Crippen molar-refractivity contribution in [2.75, 3.05) is 0 Å². The average molecular weight is 278 g/mol. The fourth-order valence-electron chi connectivity index (χ4n) is 2.47. The van der Waals surface area contributed by atoms with Crippen molar-refractivity contribution < 1.29 is 4.79 Å². The SMILES string of the molecule is O=C1CCC2=C(N1)c1cc(Br)ccc1CC2. The first-order valence-electron chi connectivity index (χ1n) is 5.55. The van der Waals surface area contributed by atoms with Crippen LogP contribution in [0, 0.1) is 0 Å². The van der Waals surface area contributed by atoms with Gasteiger partial charge >= 0.3 is 0 Å². The van der Waals surface area contributed by atoms with E-state index >= 15 is 0 Å². The Hall–Kier alpha value is -1.09. The lowest BCUT2D eigenvalue weighted by Crippen LogP contribution is -2.29. The molecule has 0 unspecified atom stereocenters. The molecule has 1 heterocycles. The highest BCUT2D eigenvalue weighted by Crippen LogP contribution is 2.35. The zero-order valence-electron chi connectivity index (χ0n) is 8.85. The molecule has 1 N–H and O–H groups in total. The fourth-order valence-corrected chi connectivity index (χ4v) is 2.83. The van der Waals surface area contributed by atoms with Crippen molar-refractivity contribution in [3.63, 3.8) is 0 Å². The van der Waals surface area contributed by atoms with Crippen LogP contribution in [0.5, 0.6) is 0 Å². The topological polar surface area (TPSA) is 29.1 Å². The number of hydrogen-bond acceptors (Lipinski definition) is 1. The Kier molecular flexibility index (Phi) is 2.36. The molecule has 2 nitrogen and oxygen atoms in total. The number of carbonyl (C=O) groups is 1. The van der Waals surface area contributed by atoms with E-state index in [-0.39, 0.29) is 5.91 Å². The van der Waals surface area contributed by atoms with E-state index in [1.807, 2.05) is 0 Å². The van der Waals surface area contributed by atoms with Gasteiger partial charge in [0.15, 0.2) is 0 Å². The summed E-state index contributed by atoms with van der Waals surface area (Å²) in [5.74, 6) is 0.145. The third-order valence-corrected chi connectivity index (χ3v) is 3.80. The van der Waals surface area contributed by atoms with E-state index in [1.165, 1.54) is 16.7 Å². The van der Waals surface area contributed by atoms with Crippen molar-refractivity contribution in [3.8, 4) is 0 Å². The highest BCUT2D eigenvalue weighted by atomic mass is 79.9. The standard InChI is InChI=1S/C13H12BrNO/c14-10-5-3-8-1-2-9-4-6-12(16)15-13(9)11(8)7-10/h3,5,7H,1-2,4,6H2,(H,15,16). The summed E-state index contributed by atoms with van der Waals surface area (Å²) in [6, 6.07) is 6.31. The van der Waals surface area contributed by atoms with E-state index < -0.39 is 0 Å². The van der Waals surface area contributed by atoms with E-state index in [0.29, 0.717) is 6.42 Å². The molecule has 0 spiro atoms. The average Bonchev–Trinajstić information content (AvgIpc) is 2.29. The summed E-state index contributed by atoms with van der Waals surface area (Å²) in [6.07, 6.45) is 3.75. The lowest BCUT2D eigenvalue weighted by Gasteiger charge is -2.27. The van der Waals surface area contributed by atoms with Crippen LogP contribution in [-0.4, -0.2) is 5.91 Å². The molecule has 1 aromatic rings. The van der Waals surface area contributed by atoms with Crippen molar-refractivity contribution >= 4 is 27.5 Å². The summed E-state index contributed by atoms with van der Waals surface area (Å²) >= 11 is 3.49. The van der Waals surface area contributed by atoms with E-state index in [9.17, 15) is 4.79 Å². The van der Waals surface area contributed by atoms with Gasteiger partial charge in [-0.2, -0.15) is 0 Å². The Balaban J connectivity index is 2.14. The van der Waals surface area contributed by atoms with Gasteiger partial charge in [0.05, 0.1) is 0 Å². The van der Waals surface area contributed by atoms with Gasteiger partial charge in [0.25, 0.3) is 0 Å². The van der Waals surface area contributed by atoms with Crippen LogP contribution in [0.1, 0.15) is 30.4 Å². The van der Waals surface area contributed by atoms with Gasteiger partial charge in [-0.3, -0.25) is 4.79 Å². The second-order valence-electron chi connectivity index (χ2n) is 4.33. The van der Waals surface area contributed by atoms with Crippen molar-refractivity contribution in [2.45, 2.75) is 25.7 Å². The van der Waals surface area contributed by atoms with Crippen LogP contribution in [-0.2, 0) is 11.2 Å². The molecule has 1 aliphatic heterocycles. The molecule has 2 aliphatic rings. The van der Waals surface area contributed by atoms with Gasteiger partial charge in [-0.25, -0.2) is 0 Å². The predicted molar refractivity (Wildman–Crippen MR) is 66.8 cm³/mol. The number of amides is 1. The van der Waals surface area contributed by atoms with Crippen LogP contribution in [0.3, 0.4) is 0 Å². The van der Waals surface area contributed by atoms with Crippen LogP contribution in [0.15, 0.2) is 28.2 Å². The molecule has 82 valence electrons. The second kappa shape index (κ2) is 3.74. The minimum absolute atomic E-state index is 0.145. The van der Waals surface area contributed by atoms with E-state index in [0.717, 1.165) is 29.4 Å². The Morgan fingerprint density at radius 2 is 1.94 bits per heavy atom. The maximum absolute atomic E-state index is 11.5. The lowest BCUT2D eigenvalue weighted by molar-refractivity contribution is -0.120. The molecule has 3 rings (SSSR count). The molecule has 0 atom stereocenters. The minimum atomic E-state index is 0.145. The number of fused-ring (bicyclic) bond motifs is 2. The number of rotatable bonds is 0. The summed E-state index contributed by atoms with van der Waals surface area (Å²) in [5, 5.41) is 3.02. The number of nitrogens with one attached hydrogen (secondary N) is 1. The molecule has 1 aliphatic carbocycles. The molecule has 1 aromatic carbocycles. The maximum atomic E-state index is 11.5. The Morgan fingerprint density at radius 3 is 2.81 bits per heavy atom. The third kappa shape index (κ3) is 1.59. The number of hydrogen-bond donors (Lipinski definition) is 1. The Labute approximate surface area is 103 Å². The monoisotopic (exact) mass is 277 g/mol. The van der Waals surface area contributed by atoms with Crippen molar-refractivity contribution in [2.24, 2.45) is 0 Å². The quantitative estimate of drug-likeness (QED) is 0.776. The first-order valence-corrected chi connectivity index (χ1v) is 6.34. The van der Waals surface area contributed by atoms with Crippen molar-refractivity contribution in [1.29, 1.82) is 0 Å². The normalized spacial score (nSPS) is 18.9. The van der Waals surface area contributed by atoms with Gasteiger partial charge < -0.3 is 5.32 Å². The summed E-state index contributed by atoms with van der Waals surface area (Å²) in [5.41, 5.74) is 5.01. The molecule has 0 radical (unpaired) electrons. The van der Waals surface area contributed by atoms with Crippen LogP contribution in [0.25, 0.3) is 5.70 Å². The molecular weight excluding hydrogens is 266 g/mol. The Bertz CT molecular complexity index is 505. The van der Waals surface area contributed by atoms with Gasteiger partial charge in [-0.05, 0) is 42.5 Å². The number of carbonyl (C=O) groups excluding carboxylic acids is 1. The first-order chi connectivity index (χ1) is 7.74. The van der Waals surface area contributed by atoms with Crippen LogP contribution in [0.2, 0.25) is 0 Å². The molecule has 0 aromatic heterocycles. The van der Waals surface area contributed by atoms with Gasteiger partial charge in [-0.1, -0.05) is 22.0 Å². The highest BCUT2D eigenvalue weighted by molar-refractivity contribution is 9.10. The zero-order valence-corrected chi connectivity index (χ0v) is 10.4. The lowest BCUT2D eigenvalue weighted by atomic mass is 9.85. The summed E-state index contributed by atoms with van der Waals surface area (Å²) in [4.78, 5) is 11.5. The van der Waals surface area contributed by atoms with Crippen molar-refractivity contribution in [1.82, 2.24) is 5.32 Å². The molecule has 0 saturated carbocycles. The largest absolute Gasteiger partial charge is 0.326 e. The number of aryl methyl sites for hydroxylation is 1. The van der Waals surface area contributed by atoms with Crippen LogP contribution in [0.4, 0.5) is 0 Å². The van der Waals surface area contributed by atoms with E-state index in [2.05, 4.69) is 39.4 Å². The van der Waals surface area contributed by atoms with Gasteiger partial charge in [-0.15, -0.1) is 0 Å². The fraction of sp³-hybridized carbons (Fsp3) is 0.308. The molecule has 0 bridgehead atoms. The molecular formula is C13H12BrNO.